The molecule has 11 rings (SSSR count). The molecule has 0 radical (unpaired) electrons. The van der Waals surface area contributed by atoms with Crippen molar-refractivity contribution in [2.75, 3.05) is 0 Å². The van der Waals surface area contributed by atoms with E-state index in [1.165, 1.54) is 39.0 Å². The zero-order valence-electron chi connectivity index (χ0n) is 30.7. The Balaban J connectivity index is 1.12. The quantitative estimate of drug-likeness (QED) is 0.178. The lowest BCUT2D eigenvalue weighted by Crippen LogP contribution is -2.32. The SMILES string of the molecule is C1=CC(c2ccc(-c3cc(-c4cccc5c4Oc4ccccc4C54c5ccccc5-c5ccccc54)nc(-c4ccc(-c5ccccc5)cc4)n3)cc2)=CCC1. The number of benzene rings is 7. The third-order valence-corrected chi connectivity index (χ3v) is 11.6. The summed E-state index contributed by atoms with van der Waals surface area (Å²) < 4.78 is 7.05. The van der Waals surface area contributed by atoms with Gasteiger partial charge in [0, 0.05) is 27.8 Å². The first-order valence-corrected chi connectivity index (χ1v) is 19.4. The van der Waals surface area contributed by atoms with Crippen LogP contribution in [0.15, 0.2) is 194 Å². The summed E-state index contributed by atoms with van der Waals surface area (Å²) in [6.07, 6.45) is 8.96. The Labute approximate surface area is 327 Å². The van der Waals surface area contributed by atoms with E-state index in [1.807, 2.05) is 6.07 Å². The molecule has 0 amide bonds. The molecule has 1 aromatic heterocycles. The first kappa shape index (κ1) is 32.3. The van der Waals surface area contributed by atoms with Gasteiger partial charge in [-0.1, -0.05) is 176 Å². The van der Waals surface area contributed by atoms with Crippen LogP contribution in [0.5, 0.6) is 11.5 Å². The lowest BCUT2D eigenvalue weighted by molar-refractivity contribution is 0.438. The summed E-state index contributed by atoms with van der Waals surface area (Å²) in [6.45, 7) is 0. The molecule has 7 aromatic carbocycles. The van der Waals surface area contributed by atoms with Crippen molar-refractivity contribution >= 4 is 5.57 Å². The van der Waals surface area contributed by atoms with Gasteiger partial charge in [0.05, 0.1) is 16.8 Å². The monoisotopic (exact) mass is 716 g/mol. The van der Waals surface area contributed by atoms with Gasteiger partial charge < -0.3 is 4.74 Å². The molecule has 0 N–H and O–H groups in total. The molecular formula is C53H36N2O. The fourth-order valence-electron chi connectivity index (χ4n) is 9.05. The molecule has 0 fully saturated rings. The Hall–Kier alpha value is -7.10. The number of nitrogens with zero attached hydrogens (tertiary/aromatic N) is 2. The summed E-state index contributed by atoms with van der Waals surface area (Å²) in [5, 5.41) is 0. The summed E-state index contributed by atoms with van der Waals surface area (Å²) in [5.41, 5.74) is 16.1. The molecule has 1 aliphatic heterocycles. The molecule has 0 saturated carbocycles. The van der Waals surface area contributed by atoms with Crippen molar-refractivity contribution in [2.45, 2.75) is 18.3 Å². The summed E-state index contributed by atoms with van der Waals surface area (Å²) in [6, 6.07) is 62.7. The number of allylic oxidation sites excluding steroid dienone is 4. The number of aromatic nitrogens is 2. The maximum absolute atomic E-state index is 7.05. The summed E-state index contributed by atoms with van der Waals surface area (Å²) in [5.74, 6) is 2.34. The zero-order valence-corrected chi connectivity index (χ0v) is 30.7. The largest absolute Gasteiger partial charge is 0.456 e. The van der Waals surface area contributed by atoms with E-state index in [0.29, 0.717) is 5.82 Å². The smallest absolute Gasteiger partial charge is 0.160 e. The average Bonchev–Trinajstić information content (AvgIpc) is 3.57. The Kier molecular flexibility index (Phi) is 7.53. The molecule has 1 spiro atoms. The van der Waals surface area contributed by atoms with Crippen molar-refractivity contribution in [2.24, 2.45) is 0 Å². The number of hydrogen-bond acceptors (Lipinski definition) is 3. The second-order valence-electron chi connectivity index (χ2n) is 14.7. The molecule has 0 unspecified atom stereocenters. The highest BCUT2D eigenvalue weighted by Crippen LogP contribution is 2.63. The predicted octanol–water partition coefficient (Wildman–Crippen LogP) is 13.3. The van der Waals surface area contributed by atoms with Crippen molar-refractivity contribution in [3.63, 3.8) is 0 Å². The van der Waals surface area contributed by atoms with Crippen LogP contribution in [0.2, 0.25) is 0 Å². The maximum Gasteiger partial charge on any atom is 0.160 e. The van der Waals surface area contributed by atoms with Crippen molar-refractivity contribution in [3.05, 3.63) is 222 Å². The number of rotatable bonds is 5. The summed E-state index contributed by atoms with van der Waals surface area (Å²) >= 11 is 0. The van der Waals surface area contributed by atoms with E-state index in [4.69, 9.17) is 14.7 Å². The standard InChI is InChI=1S/C53H36N2O/c1-3-14-35(15-4-1)37-26-30-39(31-27-37)48-34-49(55-52(54-48)40-32-28-38(29-33-40)36-16-5-2-6-17-36)43-20-13-24-47-51(43)56-50-25-12-11-23-46(50)53(47)44-21-9-7-18-41(44)42-19-8-10-22-45(42)53/h2-3,5-34H,1,4H2. The predicted molar refractivity (Wildman–Crippen MR) is 228 cm³/mol. The summed E-state index contributed by atoms with van der Waals surface area (Å²) in [4.78, 5) is 10.6. The second-order valence-corrected chi connectivity index (χ2v) is 14.7. The third kappa shape index (κ3) is 5.05. The van der Waals surface area contributed by atoms with Gasteiger partial charge in [0.1, 0.15) is 11.5 Å². The molecule has 56 heavy (non-hydrogen) atoms. The van der Waals surface area contributed by atoms with Crippen LogP contribution in [-0.2, 0) is 5.41 Å². The topological polar surface area (TPSA) is 35.0 Å². The fraction of sp³-hybridized carbons (Fsp3) is 0.0566. The van der Waals surface area contributed by atoms with Crippen LogP contribution in [-0.4, -0.2) is 9.97 Å². The number of hydrogen-bond donors (Lipinski definition) is 0. The average molecular weight is 717 g/mol. The van der Waals surface area contributed by atoms with Crippen LogP contribution in [0.25, 0.3) is 61.7 Å². The maximum atomic E-state index is 7.05. The lowest BCUT2D eigenvalue weighted by atomic mass is 9.65. The molecule has 264 valence electrons. The molecule has 3 heteroatoms. The van der Waals surface area contributed by atoms with E-state index in [0.717, 1.165) is 69.1 Å². The Morgan fingerprint density at radius 2 is 1.00 bits per heavy atom. The van der Waals surface area contributed by atoms with Gasteiger partial charge in [0.2, 0.25) is 0 Å². The van der Waals surface area contributed by atoms with E-state index < -0.39 is 5.41 Å². The van der Waals surface area contributed by atoms with Gasteiger partial charge in [0.15, 0.2) is 5.82 Å². The zero-order chi connectivity index (χ0) is 37.1. The Morgan fingerprint density at radius 3 is 1.73 bits per heavy atom. The fourth-order valence-corrected chi connectivity index (χ4v) is 9.05. The van der Waals surface area contributed by atoms with Gasteiger partial charge in [-0.25, -0.2) is 9.97 Å². The van der Waals surface area contributed by atoms with E-state index in [-0.39, 0.29) is 0 Å². The van der Waals surface area contributed by atoms with Gasteiger partial charge in [-0.2, -0.15) is 0 Å². The van der Waals surface area contributed by atoms with Crippen LogP contribution in [0.4, 0.5) is 0 Å². The lowest BCUT2D eigenvalue weighted by Gasteiger charge is -2.40. The van der Waals surface area contributed by atoms with Crippen molar-refractivity contribution in [1.82, 2.24) is 9.97 Å². The minimum absolute atomic E-state index is 0.558. The van der Waals surface area contributed by atoms with E-state index in [2.05, 4.69) is 188 Å². The molecule has 0 bridgehead atoms. The molecule has 2 heterocycles. The highest BCUT2D eigenvalue weighted by Gasteiger charge is 2.51. The highest BCUT2D eigenvalue weighted by molar-refractivity contribution is 5.90. The molecule has 2 aliphatic carbocycles. The second kappa shape index (κ2) is 13.0. The van der Waals surface area contributed by atoms with Crippen LogP contribution in [0, 0.1) is 0 Å². The highest BCUT2D eigenvalue weighted by atomic mass is 16.5. The van der Waals surface area contributed by atoms with E-state index in [9.17, 15) is 0 Å². The van der Waals surface area contributed by atoms with Crippen molar-refractivity contribution in [1.29, 1.82) is 0 Å². The van der Waals surface area contributed by atoms with Gasteiger partial charge in [0.25, 0.3) is 0 Å². The minimum atomic E-state index is -0.558. The normalized spacial score (nSPS) is 14.2. The number of ether oxygens (including phenoxy) is 1. The van der Waals surface area contributed by atoms with Gasteiger partial charge >= 0.3 is 0 Å². The molecule has 3 aliphatic rings. The van der Waals surface area contributed by atoms with Crippen molar-refractivity contribution < 1.29 is 4.74 Å². The first-order valence-electron chi connectivity index (χ1n) is 19.4. The first-order chi connectivity index (χ1) is 27.8. The van der Waals surface area contributed by atoms with Crippen LogP contribution >= 0.6 is 0 Å². The van der Waals surface area contributed by atoms with Crippen LogP contribution in [0.3, 0.4) is 0 Å². The number of para-hydroxylation sites is 2. The van der Waals surface area contributed by atoms with Gasteiger partial charge in [-0.3, -0.25) is 0 Å². The van der Waals surface area contributed by atoms with Crippen LogP contribution in [0.1, 0.15) is 40.7 Å². The third-order valence-electron chi connectivity index (χ3n) is 11.6. The van der Waals surface area contributed by atoms with Gasteiger partial charge in [-0.05, 0) is 75.6 Å². The van der Waals surface area contributed by atoms with E-state index >= 15 is 0 Å². The minimum Gasteiger partial charge on any atom is -0.456 e. The molecule has 0 saturated heterocycles. The van der Waals surface area contributed by atoms with Crippen LogP contribution < -0.4 is 4.74 Å². The van der Waals surface area contributed by atoms with Crippen molar-refractivity contribution in [3.8, 4) is 67.7 Å². The Morgan fingerprint density at radius 1 is 0.429 bits per heavy atom. The molecular weight excluding hydrogens is 681 g/mol. The molecule has 8 aromatic rings. The van der Waals surface area contributed by atoms with E-state index in [1.54, 1.807) is 0 Å². The molecule has 3 nitrogen and oxygen atoms in total. The molecule has 0 atom stereocenters. The number of fused-ring (bicyclic) bond motifs is 9. The Bertz CT molecular complexity index is 2820. The van der Waals surface area contributed by atoms with Gasteiger partial charge in [-0.15, -0.1) is 0 Å². The summed E-state index contributed by atoms with van der Waals surface area (Å²) in [7, 11) is 0.